The summed E-state index contributed by atoms with van der Waals surface area (Å²) in [4.78, 5) is 7.30. The summed E-state index contributed by atoms with van der Waals surface area (Å²) in [5, 5.41) is 3.45. The van der Waals surface area contributed by atoms with Gasteiger partial charge in [0.2, 0.25) is 0 Å². The monoisotopic (exact) mass is 267 g/mol. The minimum absolute atomic E-state index is 0.238. The van der Waals surface area contributed by atoms with Crippen LogP contribution in [-0.2, 0) is 4.74 Å². The van der Waals surface area contributed by atoms with Gasteiger partial charge in [-0.3, -0.25) is 4.99 Å². The van der Waals surface area contributed by atoms with Crippen molar-refractivity contribution in [2.24, 2.45) is 16.3 Å². The van der Waals surface area contributed by atoms with E-state index in [0.717, 1.165) is 57.7 Å². The summed E-state index contributed by atoms with van der Waals surface area (Å²) in [5.41, 5.74) is 0.238. The van der Waals surface area contributed by atoms with Crippen LogP contribution < -0.4 is 5.32 Å². The van der Waals surface area contributed by atoms with E-state index in [1.165, 1.54) is 12.8 Å². The van der Waals surface area contributed by atoms with Gasteiger partial charge in [-0.25, -0.2) is 0 Å². The number of aliphatic imine (C=N–C) groups is 1. The van der Waals surface area contributed by atoms with E-state index in [0.29, 0.717) is 0 Å². The maximum absolute atomic E-state index is 5.51. The lowest BCUT2D eigenvalue weighted by atomic mass is 9.90. The largest absolute Gasteiger partial charge is 0.381 e. The molecule has 0 aliphatic carbocycles. The van der Waals surface area contributed by atoms with Crippen molar-refractivity contribution in [2.75, 3.05) is 39.4 Å². The fourth-order valence-electron chi connectivity index (χ4n) is 2.91. The van der Waals surface area contributed by atoms with E-state index in [2.05, 4.69) is 31.0 Å². The number of nitrogens with zero attached hydrogens (tertiary/aromatic N) is 2. The number of ether oxygens (including phenoxy) is 1. The molecule has 4 nitrogen and oxygen atoms in total. The number of likely N-dealkylation sites (tertiary alicyclic amines) is 1. The molecule has 2 rings (SSSR count). The second-order valence-corrected chi connectivity index (χ2v) is 6.48. The third-order valence-corrected chi connectivity index (χ3v) is 4.20. The van der Waals surface area contributed by atoms with Crippen LogP contribution in [0.15, 0.2) is 4.99 Å². The number of rotatable bonds is 3. The van der Waals surface area contributed by atoms with Crippen molar-refractivity contribution >= 4 is 5.96 Å². The molecule has 0 spiro atoms. The quantitative estimate of drug-likeness (QED) is 0.628. The first-order valence-electron chi connectivity index (χ1n) is 7.74. The zero-order valence-corrected chi connectivity index (χ0v) is 12.7. The molecule has 0 aromatic heterocycles. The molecule has 0 bridgehead atoms. The Morgan fingerprint density at radius 1 is 1.53 bits per heavy atom. The van der Waals surface area contributed by atoms with E-state index in [1.807, 2.05) is 0 Å². The van der Waals surface area contributed by atoms with Crippen molar-refractivity contribution in [2.45, 2.75) is 40.0 Å². The minimum atomic E-state index is 0.238. The number of nitrogens with one attached hydrogen (secondary N) is 1. The standard InChI is InChI=1S/C15H29N3O/c1-4-16-14(18-8-5-6-13(2)10-18)17-11-15(3)7-9-19-12-15/h13H,4-12H2,1-3H3,(H,16,17). The molecule has 0 radical (unpaired) electrons. The molecule has 19 heavy (non-hydrogen) atoms. The summed E-state index contributed by atoms with van der Waals surface area (Å²) >= 11 is 0. The van der Waals surface area contributed by atoms with Crippen LogP contribution in [0, 0.1) is 11.3 Å². The Kier molecular flexibility index (Phi) is 5.08. The fraction of sp³-hybridized carbons (Fsp3) is 0.933. The highest BCUT2D eigenvalue weighted by Crippen LogP contribution is 2.28. The molecule has 0 amide bonds. The lowest BCUT2D eigenvalue weighted by Gasteiger charge is -2.34. The molecule has 2 heterocycles. The Bertz CT molecular complexity index is 311. The molecule has 0 saturated carbocycles. The summed E-state index contributed by atoms with van der Waals surface area (Å²) in [5.74, 6) is 1.88. The fourth-order valence-corrected chi connectivity index (χ4v) is 2.91. The maximum Gasteiger partial charge on any atom is 0.193 e. The molecule has 4 heteroatoms. The Labute approximate surface area is 117 Å². The van der Waals surface area contributed by atoms with E-state index in [9.17, 15) is 0 Å². The van der Waals surface area contributed by atoms with E-state index < -0.39 is 0 Å². The average molecular weight is 267 g/mol. The Balaban J connectivity index is 1.97. The van der Waals surface area contributed by atoms with E-state index in [-0.39, 0.29) is 5.41 Å². The summed E-state index contributed by atoms with van der Waals surface area (Å²) in [6, 6.07) is 0. The van der Waals surface area contributed by atoms with Gasteiger partial charge < -0.3 is 15.0 Å². The molecule has 0 aromatic rings. The van der Waals surface area contributed by atoms with Crippen LogP contribution in [0.1, 0.15) is 40.0 Å². The van der Waals surface area contributed by atoms with Crippen molar-refractivity contribution in [3.63, 3.8) is 0 Å². The van der Waals surface area contributed by atoms with Crippen molar-refractivity contribution < 1.29 is 4.74 Å². The summed E-state index contributed by atoms with van der Waals surface area (Å²) in [6.07, 6.45) is 3.76. The van der Waals surface area contributed by atoms with Crippen LogP contribution in [0.4, 0.5) is 0 Å². The molecule has 110 valence electrons. The Morgan fingerprint density at radius 3 is 3.00 bits per heavy atom. The number of piperidine rings is 1. The highest BCUT2D eigenvalue weighted by Gasteiger charge is 2.30. The van der Waals surface area contributed by atoms with Gasteiger partial charge in [0.1, 0.15) is 0 Å². The average Bonchev–Trinajstić information content (AvgIpc) is 2.82. The first-order valence-corrected chi connectivity index (χ1v) is 7.74. The van der Waals surface area contributed by atoms with Crippen molar-refractivity contribution in [1.82, 2.24) is 10.2 Å². The van der Waals surface area contributed by atoms with Gasteiger partial charge in [0.25, 0.3) is 0 Å². The van der Waals surface area contributed by atoms with Gasteiger partial charge in [-0.1, -0.05) is 13.8 Å². The third kappa shape index (κ3) is 4.10. The number of guanidine groups is 1. The first-order chi connectivity index (χ1) is 9.13. The normalized spacial score (nSPS) is 32.7. The van der Waals surface area contributed by atoms with Crippen molar-refractivity contribution in [3.05, 3.63) is 0 Å². The lowest BCUT2D eigenvalue weighted by Crippen LogP contribution is -2.46. The molecule has 2 fully saturated rings. The van der Waals surface area contributed by atoms with Gasteiger partial charge in [0.15, 0.2) is 5.96 Å². The van der Waals surface area contributed by atoms with E-state index >= 15 is 0 Å². The summed E-state index contributed by atoms with van der Waals surface area (Å²) < 4.78 is 5.51. The predicted octanol–water partition coefficient (Wildman–Crippen LogP) is 2.11. The van der Waals surface area contributed by atoms with E-state index in [4.69, 9.17) is 9.73 Å². The predicted molar refractivity (Wildman–Crippen MR) is 79.5 cm³/mol. The summed E-state index contributed by atoms with van der Waals surface area (Å²) in [6.45, 7) is 12.6. The van der Waals surface area contributed by atoms with Crippen LogP contribution in [0.5, 0.6) is 0 Å². The molecular weight excluding hydrogens is 238 g/mol. The molecular formula is C15H29N3O. The first kappa shape index (κ1) is 14.6. The summed E-state index contributed by atoms with van der Waals surface area (Å²) in [7, 11) is 0. The Hall–Kier alpha value is -0.770. The van der Waals surface area contributed by atoms with Crippen molar-refractivity contribution in [3.8, 4) is 0 Å². The zero-order chi connectivity index (χ0) is 13.7. The van der Waals surface area contributed by atoms with Crippen LogP contribution in [0.2, 0.25) is 0 Å². The minimum Gasteiger partial charge on any atom is -0.381 e. The van der Waals surface area contributed by atoms with Gasteiger partial charge in [0.05, 0.1) is 13.2 Å². The van der Waals surface area contributed by atoms with E-state index in [1.54, 1.807) is 0 Å². The Morgan fingerprint density at radius 2 is 2.37 bits per heavy atom. The smallest absolute Gasteiger partial charge is 0.193 e. The SMILES string of the molecule is CCNC(=NCC1(C)CCOC1)N1CCCC(C)C1. The maximum atomic E-state index is 5.51. The molecule has 2 atom stereocenters. The zero-order valence-electron chi connectivity index (χ0n) is 12.7. The topological polar surface area (TPSA) is 36.9 Å². The van der Waals surface area contributed by atoms with Crippen LogP contribution >= 0.6 is 0 Å². The van der Waals surface area contributed by atoms with Crippen LogP contribution in [-0.4, -0.2) is 50.3 Å². The molecule has 2 aliphatic heterocycles. The van der Waals surface area contributed by atoms with Gasteiger partial charge in [0, 0.05) is 31.7 Å². The highest BCUT2D eigenvalue weighted by molar-refractivity contribution is 5.80. The van der Waals surface area contributed by atoms with Gasteiger partial charge in [-0.05, 0) is 32.1 Å². The highest BCUT2D eigenvalue weighted by atomic mass is 16.5. The molecule has 2 aliphatic rings. The second-order valence-electron chi connectivity index (χ2n) is 6.48. The van der Waals surface area contributed by atoms with Gasteiger partial charge in [-0.2, -0.15) is 0 Å². The molecule has 2 unspecified atom stereocenters. The molecule has 0 aromatic carbocycles. The van der Waals surface area contributed by atoms with Crippen LogP contribution in [0.3, 0.4) is 0 Å². The molecule has 1 N–H and O–H groups in total. The van der Waals surface area contributed by atoms with Gasteiger partial charge >= 0.3 is 0 Å². The number of hydrogen-bond donors (Lipinski definition) is 1. The van der Waals surface area contributed by atoms with Crippen LogP contribution in [0.25, 0.3) is 0 Å². The number of hydrogen-bond acceptors (Lipinski definition) is 2. The third-order valence-electron chi connectivity index (χ3n) is 4.20. The molecule has 2 saturated heterocycles. The lowest BCUT2D eigenvalue weighted by molar-refractivity contribution is 0.162. The van der Waals surface area contributed by atoms with Gasteiger partial charge in [-0.15, -0.1) is 0 Å². The van der Waals surface area contributed by atoms with Crippen molar-refractivity contribution in [1.29, 1.82) is 0 Å². The second kappa shape index (κ2) is 6.60.